The SMILES string of the molecule is COC1CNC(c2nc(N3CCCC3)no2)C1. The molecule has 1 aromatic rings. The van der Waals surface area contributed by atoms with Crippen molar-refractivity contribution in [3.05, 3.63) is 5.89 Å². The van der Waals surface area contributed by atoms with Gasteiger partial charge in [-0.1, -0.05) is 0 Å². The molecule has 2 aliphatic heterocycles. The molecule has 2 fully saturated rings. The van der Waals surface area contributed by atoms with Crippen molar-refractivity contribution in [2.24, 2.45) is 0 Å². The topological polar surface area (TPSA) is 63.4 Å². The Morgan fingerprint density at radius 1 is 1.41 bits per heavy atom. The van der Waals surface area contributed by atoms with Gasteiger partial charge in [0.15, 0.2) is 0 Å². The number of anilines is 1. The van der Waals surface area contributed by atoms with Gasteiger partial charge in [0.2, 0.25) is 5.89 Å². The van der Waals surface area contributed by atoms with E-state index in [1.165, 1.54) is 12.8 Å². The van der Waals surface area contributed by atoms with Crippen molar-refractivity contribution in [2.45, 2.75) is 31.4 Å². The van der Waals surface area contributed by atoms with Crippen molar-refractivity contribution >= 4 is 5.95 Å². The van der Waals surface area contributed by atoms with Crippen molar-refractivity contribution in [3.63, 3.8) is 0 Å². The Balaban J connectivity index is 1.68. The highest BCUT2D eigenvalue weighted by Gasteiger charge is 2.30. The van der Waals surface area contributed by atoms with Crippen LogP contribution < -0.4 is 10.2 Å². The average molecular weight is 238 g/mol. The van der Waals surface area contributed by atoms with Crippen molar-refractivity contribution in [3.8, 4) is 0 Å². The van der Waals surface area contributed by atoms with Crippen LogP contribution in [0, 0.1) is 0 Å². The zero-order chi connectivity index (χ0) is 11.7. The summed E-state index contributed by atoms with van der Waals surface area (Å²) in [4.78, 5) is 6.65. The third-order valence-corrected chi connectivity index (χ3v) is 3.54. The molecule has 2 atom stereocenters. The number of hydrogen-bond acceptors (Lipinski definition) is 6. The Bertz CT molecular complexity index is 375. The molecule has 2 unspecified atom stereocenters. The van der Waals surface area contributed by atoms with Gasteiger partial charge in [-0.2, -0.15) is 4.98 Å². The van der Waals surface area contributed by atoms with Crippen molar-refractivity contribution in [1.82, 2.24) is 15.5 Å². The molecule has 0 spiro atoms. The molecule has 6 heteroatoms. The standard InChI is InChI=1S/C11H18N4O2/c1-16-8-6-9(12-7-8)10-13-11(14-17-10)15-4-2-3-5-15/h8-9,12H,2-7H2,1H3. The van der Waals surface area contributed by atoms with Gasteiger partial charge >= 0.3 is 0 Å². The number of aromatic nitrogens is 2. The first-order valence-electron chi connectivity index (χ1n) is 6.21. The van der Waals surface area contributed by atoms with E-state index in [4.69, 9.17) is 9.26 Å². The maximum atomic E-state index is 5.33. The molecule has 2 aliphatic rings. The quantitative estimate of drug-likeness (QED) is 0.837. The highest BCUT2D eigenvalue weighted by Crippen LogP contribution is 2.25. The molecule has 0 radical (unpaired) electrons. The van der Waals surface area contributed by atoms with Crippen LogP contribution in [0.3, 0.4) is 0 Å². The largest absolute Gasteiger partial charge is 0.380 e. The van der Waals surface area contributed by atoms with Crippen LogP contribution in [0.4, 0.5) is 5.95 Å². The number of rotatable bonds is 3. The minimum atomic E-state index is 0.142. The fourth-order valence-electron chi connectivity index (χ4n) is 2.49. The van der Waals surface area contributed by atoms with Gasteiger partial charge in [-0.05, 0) is 24.4 Å². The smallest absolute Gasteiger partial charge is 0.266 e. The molecule has 6 nitrogen and oxygen atoms in total. The van der Waals surface area contributed by atoms with Crippen LogP contribution in [0.2, 0.25) is 0 Å². The van der Waals surface area contributed by atoms with Gasteiger partial charge in [0.1, 0.15) is 0 Å². The Hall–Kier alpha value is -1.14. The molecule has 0 amide bonds. The van der Waals surface area contributed by atoms with Crippen LogP contribution in [0.1, 0.15) is 31.2 Å². The van der Waals surface area contributed by atoms with Crippen molar-refractivity contribution in [1.29, 1.82) is 0 Å². The van der Waals surface area contributed by atoms with Gasteiger partial charge in [-0.25, -0.2) is 0 Å². The van der Waals surface area contributed by atoms with Crippen molar-refractivity contribution < 1.29 is 9.26 Å². The lowest BCUT2D eigenvalue weighted by molar-refractivity contribution is 0.116. The van der Waals surface area contributed by atoms with Crippen LogP contribution in [0.15, 0.2) is 4.52 Å². The first-order chi connectivity index (χ1) is 8.36. The predicted octanol–water partition coefficient (Wildman–Crippen LogP) is 0.719. The summed E-state index contributed by atoms with van der Waals surface area (Å²) in [6.45, 7) is 2.93. The summed E-state index contributed by atoms with van der Waals surface area (Å²) in [5, 5.41) is 7.39. The van der Waals surface area contributed by atoms with E-state index in [2.05, 4.69) is 20.4 Å². The summed E-state index contributed by atoms with van der Waals surface area (Å²) in [6, 6.07) is 0.142. The predicted molar refractivity (Wildman–Crippen MR) is 61.9 cm³/mol. The molecular weight excluding hydrogens is 220 g/mol. The molecule has 94 valence electrons. The van der Waals surface area contributed by atoms with Gasteiger partial charge in [0, 0.05) is 26.7 Å². The maximum Gasteiger partial charge on any atom is 0.266 e. The van der Waals surface area contributed by atoms with Crippen LogP contribution in [-0.2, 0) is 4.74 Å². The number of methoxy groups -OCH3 is 1. The Morgan fingerprint density at radius 3 is 2.94 bits per heavy atom. The molecule has 0 aliphatic carbocycles. The van der Waals surface area contributed by atoms with Crippen LogP contribution >= 0.6 is 0 Å². The summed E-state index contributed by atoms with van der Waals surface area (Å²) in [5.74, 6) is 1.42. The number of nitrogens with one attached hydrogen (secondary N) is 1. The van der Waals surface area contributed by atoms with Crippen LogP contribution in [0.25, 0.3) is 0 Å². The Kier molecular flexibility index (Phi) is 2.98. The molecule has 17 heavy (non-hydrogen) atoms. The Morgan fingerprint density at radius 2 is 2.24 bits per heavy atom. The first-order valence-corrected chi connectivity index (χ1v) is 6.21. The summed E-state index contributed by atoms with van der Waals surface area (Å²) < 4.78 is 10.6. The Labute approximate surface area is 100 Å². The van der Waals surface area contributed by atoms with Gasteiger partial charge in [0.05, 0.1) is 12.1 Å². The van der Waals surface area contributed by atoms with E-state index in [-0.39, 0.29) is 12.1 Å². The monoisotopic (exact) mass is 238 g/mol. The van der Waals surface area contributed by atoms with Crippen LogP contribution in [-0.4, -0.2) is 43.0 Å². The minimum Gasteiger partial charge on any atom is -0.380 e. The summed E-state index contributed by atoms with van der Waals surface area (Å²) in [5.41, 5.74) is 0. The van der Waals surface area contributed by atoms with Gasteiger partial charge in [0.25, 0.3) is 5.95 Å². The molecule has 1 N–H and O–H groups in total. The van der Waals surface area contributed by atoms with E-state index in [0.29, 0.717) is 5.89 Å². The zero-order valence-corrected chi connectivity index (χ0v) is 10.1. The molecular formula is C11H18N4O2. The molecule has 3 heterocycles. The highest BCUT2D eigenvalue weighted by molar-refractivity contribution is 5.29. The summed E-state index contributed by atoms with van der Waals surface area (Å²) in [6.07, 6.45) is 3.59. The van der Waals surface area contributed by atoms with E-state index in [1.54, 1.807) is 7.11 Å². The minimum absolute atomic E-state index is 0.142. The summed E-state index contributed by atoms with van der Waals surface area (Å²) >= 11 is 0. The molecule has 3 rings (SSSR count). The first kappa shape index (κ1) is 11.0. The second kappa shape index (κ2) is 4.62. The lowest BCUT2D eigenvalue weighted by atomic mass is 10.2. The number of nitrogens with zero attached hydrogens (tertiary/aromatic N) is 3. The van der Waals surface area contributed by atoms with E-state index >= 15 is 0 Å². The second-order valence-corrected chi connectivity index (χ2v) is 4.68. The van der Waals surface area contributed by atoms with E-state index in [9.17, 15) is 0 Å². The molecule has 0 aromatic carbocycles. The third-order valence-electron chi connectivity index (χ3n) is 3.54. The number of ether oxygens (including phenoxy) is 1. The zero-order valence-electron chi connectivity index (χ0n) is 10.1. The normalized spacial score (nSPS) is 29.1. The van der Waals surface area contributed by atoms with E-state index in [1.807, 2.05) is 0 Å². The highest BCUT2D eigenvalue weighted by atomic mass is 16.5. The lowest BCUT2D eigenvalue weighted by Crippen LogP contribution is -2.19. The van der Waals surface area contributed by atoms with Crippen molar-refractivity contribution in [2.75, 3.05) is 31.6 Å². The fourth-order valence-corrected chi connectivity index (χ4v) is 2.49. The van der Waals surface area contributed by atoms with Gasteiger partial charge in [-0.15, -0.1) is 0 Å². The van der Waals surface area contributed by atoms with E-state index in [0.717, 1.165) is 32.0 Å². The number of hydrogen-bond donors (Lipinski definition) is 1. The second-order valence-electron chi connectivity index (χ2n) is 4.68. The maximum absolute atomic E-state index is 5.33. The molecule has 0 bridgehead atoms. The molecule has 2 saturated heterocycles. The molecule has 1 aromatic heterocycles. The van der Waals surface area contributed by atoms with Gasteiger partial charge < -0.3 is 19.5 Å². The fraction of sp³-hybridized carbons (Fsp3) is 0.818. The van der Waals surface area contributed by atoms with Gasteiger partial charge in [-0.3, -0.25) is 0 Å². The van der Waals surface area contributed by atoms with E-state index < -0.39 is 0 Å². The lowest BCUT2D eigenvalue weighted by Gasteiger charge is -2.10. The third kappa shape index (κ3) is 2.14. The average Bonchev–Trinajstić information content (AvgIpc) is 3.09. The van der Waals surface area contributed by atoms with Crippen LogP contribution in [0.5, 0.6) is 0 Å². The molecule has 0 saturated carbocycles. The summed E-state index contributed by atoms with van der Waals surface area (Å²) in [7, 11) is 1.73.